The van der Waals surface area contributed by atoms with Crippen molar-refractivity contribution in [1.82, 2.24) is 25.0 Å². The van der Waals surface area contributed by atoms with Crippen LogP contribution < -0.4 is 4.74 Å². The molecule has 9 heteroatoms. The summed E-state index contributed by atoms with van der Waals surface area (Å²) in [7, 11) is 0. The highest BCUT2D eigenvalue weighted by Crippen LogP contribution is 2.35. The largest absolute Gasteiger partial charge is 0.456 e. The van der Waals surface area contributed by atoms with Crippen LogP contribution >= 0.6 is 11.6 Å². The topological polar surface area (TPSA) is 87.1 Å². The van der Waals surface area contributed by atoms with Gasteiger partial charge in [-0.15, -0.1) is 5.10 Å². The Balaban J connectivity index is 1.12. The van der Waals surface area contributed by atoms with Crippen LogP contribution in [0.3, 0.4) is 0 Å². The van der Waals surface area contributed by atoms with Crippen molar-refractivity contribution in [2.75, 3.05) is 13.2 Å². The number of H-pyrrole nitrogens is 1. The van der Waals surface area contributed by atoms with E-state index in [1.54, 1.807) is 10.9 Å². The van der Waals surface area contributed by atoms with Crippen molar-refractivity contribution in [3.63, 3.8) is 0 Å². The van der Waals surface area contributed by atoms with E-state index in [0.29, 0.717) is 24.2 Å². The molecule has 3 aromatic carbocycles. The van der Waals surface area contributed by atoms with E-state index in [4.69, 9.17) is 25.8 Å². The van der Waals surface area contributed by atoms with Gasteiger partial charge in [-0.25, -0.2) is 4.68 Å². The van der Waals surface area contributed by atoms with E-state index in [9.17, 15) is 0 Å². The Morgan fingerprint density at radius 3 is 2.53 bits per heavy atom. The van der Waals surface area contributed by atoms with Gasteiger partial charge in [-0.1, -0.05) is 53.2 Å². The molecule has 5 aromatic rings. The van der Waals surface area contributed by atoms with Gasteiger partial charge in [0, 0.05) is 12.2 Å². The molecule has 2 aliphatic rings. The number of halogens is 1. The Bertz CT molecular complexity index is 1520. The number of hydrogen-bond donors (Lipinski definition) is 1. The van der Waals surface area contributed by atoms with Gasteiger partial charge in [0.05, 0.1) is 46.8 Å². The SMILES string of the molecule is Clc1cc2[nH]c(O[C@@H]3CO[C@@H]4CCO[C@@H]43)nc2cc1-c1ccc(-c2ccc(-n3ccnn3)cc2)cc1. The third-order valence-electron chi connectivity index (χ3n) is 6.82. The minimum Gasteiger partial charge on any atom is -0.456 e. The van der Waals surface area contributed by atoms with E-state index < -0.39 is 0 Å². The molecule has 0 bridgehead atoms. The minimum absolute atomic E-state index is 0.0327. The normalized spacial score (nSPS) is 21.2. The molecule has 180 valence electrons. The maximum atomic E-state index is 6.67. The molecular formula is C27H22ClN5O3. The van der Waals surface area contributed by atoms with Crippen molar-refractivity contribution < 1.29 is 14.2 Å². The summed E-state index contributed by atoms with van der Waals surface area (Å²) in [6, 6.07) is 20.9. The van der Waals surface area contributed by atoms with Crippen molar-refractivity contribution in [3.8, 4) is 34.0 Å². The fourth-order valence-corrected chi connectivity index (χ4v) is 5.23. The van der Waals surface area contributed by atoms with Crippen LogP contribution in [0, 0.1) is 0 Å². The first-order valence-electron chi connectivity index (χ1n) is 11.9. The number of fused-ring (bicyclic) bond motifs is 2. The molecule has 2 aliphatic heterocycles. The lowest BCUT2D eigenvalue weighted by molar-refractivity contribution is 0.0273. The quantitative estimate of drug-likeness (QED) is 0.363. The summed E-state index contributed by atoms with van der Waals surface area (Å²) in [5, 5.41) is 8.53. The summed E-state index contributed by atoms with van der Waals surface area (Å²) in [5.74, 6) is 0. The molecule has 1 N–H and O–H groups in total. The van der Waals surface area contributed by atoms with Crippen LogP contribution in [-0.2, 0) is 9.47 Å². The van der Waals surface area contributed by atoms with Crippen LogP contribution in [0.25, 0.3) is 39.0 Å². The maximum Gasteiger partial charge on any atom is 0.295 e. The zero-order chi connectivity index (χ0) is 24.1. The third-order valence-corrected chi connectivity index (χ3v) is 7.13. The van der Waals surface area contributed by atoms with E-state index in [1.807, 2.05) is 30.5 Å². The van der Waals surface area contributed by atoms with Gasteiger partial charge in [-0.2, -0.15) is 4.98 Å². The fraction of sp³-hybridized carbons (Fsp3) is 0.222. The van der Waals surface area contributed by atoms with Crippen molar-refractivity contribution >= 4 is 22.6 Å². The molecule has 0 unspecified atom stereocenters. The molecule has 0 saturated carbocycles. The summed E-state index contributed by atoms with van der Waals surface area (Å²) in [6.45, 7) is 1.22. The second-order valence-corrected chi connectivity index (χ2v) is 9.42. The summed E-state index contributed by atoms with van der Waals surface area (Å²) >= 11 is 6.67. The number of hydrogen-bond acceptors (Lipinski definition) is 6. The van der Waals surface area contributed by atoms with Crippen LogP contribution in [0.4, 0.5) is 0 Å². The van der Waals surface area contributed by atoms with Crippen molar-refractivity contribution in [3.05, 3.63) is 78.1 Å². The van der Waals surface area contributed by atoms with E-state index in [1.165, 1.54) is 0 Å². The Labute approximate surface area is 211 Å². The number of rotatable bonds is 5. The average molecular weight is 500 g/mol. The molecule has 2 aromatic heterocycles. The number of nitrogens with one attached hydrogen (secondary N) is 1. The Hall–Kier alpha value is -3.72. The molecule has 0 amide bonds. The molecule has 4 heterocycles. The predicted molar refractivity (Wildman–Crippen MR) is 135 cm³/mol. The molecule has 8 nitrogen and oxygen atoms in total. The number of ether oxygens (including phenoxy) is 3. The van der Waals surface area contributed by atoms with Gasteiger partial charge in [-0.3, -0.25) is 0 Å². The number of nitrogens with zero attached hydrogens (tertiary/aromatic N) is 4. The summed E-state index contributed by atoms with van der Waals surface area (Å²) in [5.41, 5.74) is 6.74. The average Bonchev–Trinajstić information content (AvgIpc) is 3.70. The monoisotopic (exact) mass is 499 g/mol. The van der Waals surface area contributed by atoms with Crippen molar-refractivity contribution in [2.45, 2.75) is 24.7 Å². The van der Waals surface area contributed by atoms with Crippen LogP contribution in [0.2, 0.25) is 5.02 Å². The standard InChI is InChI=1S/C27H22ClN5O3/c28-21-14-23-22(30-27(31-23)36-25-15-35-24-9-12-34-26(24)25)13-20(21)18-3-1-16(2-4-18)17-5-7-19(8-6-17)33-11-10-29-32-33/h1-8,10-11,13-14,24-26H,9,12,15H2,(H,30,31)/t24-,25-,26+/m1/s1. The Kier molecular flexibility index (Phi) is 5.23. The van der Waals surface area contributed by atoms with Crippen LogP contribution in [0.5, 0.6) is 6.01 Å². The predicted octanol–water partition coefficient (Wildman–Crippen LogP) is 5.07. The Morgan fingerprint density at radius 1 is 0.972 bits per heavy atom. The highest BCUT2D eigenvalue weighted by atomic mass is 35.5. The van der Waals surface area contributed by atoms with E-state index in [-0.39, 0.29) is 18.3 Å². The van der Waals surface area contributed by atoms with Gasteiger partial charge in [0.15, 0.2) is 6.10 Å². The van der Waals surface area contributed by atoms with Gasteiger partial charge in [0.25, 0.3) is 6.01 Å². The molecular weight excluding hydrogens is 478 g/mol. The molecule has 3 atom stereocenters. The van der Waals surface area contributed by atoms with Crippen LogP contribution in [0.1, 0.15) is 6.42 Å². The fourth-order valence-electron chi connectivity index (χ4n) is 4.95. The molecule has 7 rings (SSSR count). The molecule has 2 fully saturated rings. The van der Waals surface area contributed by atoms with Crippen LogP contribution in [-0.4, -0.2) is 56.5 Å². The highest BCUT2D eigenvalue weighted by molar-refractivity contribution is 6.34. The minimum atomic E-state index is -0.161. The number of benzene rings is 3. The smallest absolute Gasteiger partial charge is 0.295 e. The second-order valence-electron chi connectivity index (χ2n) is 9.02. The zero-order valence-corrected chi connectivity index (χ0v) is 19.9. The second kappa shape index (κ2) is 8.74. The summed E-state index contributed by atoms with van der Waals surface area (Å²) in [4.78, 5) is 7.88. The van der Waals surface area contributed by atoms with E-state index in [2.05, 4.69) is 56.7 Å². The zero-order valence-electron chi connectivity index (χ0n) is 19.2. The molecule has 2 saturated heterocycles. The van der Waals surface area contributed by atoms with Gasteiger partial charge in [0.2, 0.25) is 0 Å². The molecule has 0 aliphatic carbocycles. The summed E-state index contributed by atoms with van der Waals surface area (Å²) < 4.78 is 19.4. The number of imidazole rings is 1. The number of aromatic nitrogens is 5. The van der Waals surface area contributed by atoms with Crippen molar-refractivity contribution in [1.29, 1.82) is 0 Å². The lowest BCUT2D eigenvalue weighted by Gasteiger charge is -2.15. The lowest BCUT2D eigenvalue weighted by atomic mass is 10.00. The lowest BCUT2D eigenvalue weighted by Crippen LogP contribution is -2.32. The van der Waals surface area contributed by atoms with Gasteiger partial charge >= 0.3 is 0 Å². The number of aromatic amines is 1. The van der Waals surface area contributed by atoms with E-state index >= 15 is 0 Å². The Morgan fingerprint density at radius 2 is 1.75 bits per heavy atom. The first-order chi connectivity index (χ1) is 17.7. The first-order valence-corrected chi connectivity index (χ1v) is 12.3. The van der Waals surface area contributed by atoms with Crippen molar-refractivity contribution in [2.24, 2.45) is 0 Å². The van der Waals surface area contributed by atoms with Crippen LogP contribution in [0.15, 0.2) is 73.1 Å². The highest BCUT2D eigenvalue weighted by Gasteiger charge is 2.43. The third kappa shape index (κ3) is 3.83. The summed E-state index contributed by atoms with van der Waals surface area (Å²) in [6.07, 6.45) is 4.32. The first kappa shape index (κ1) is 21.6. The van der Waals surface area contributed by atoms with Gasteiger partial charge in [0.1, 0.15) is 6.10 Å². The van der Waals surface area contributed by atoms with E-state index in [0.717, 1.165) is 45.4 Å². The van der Waals surface area contributed by atoms with Gasteiger partial charge < -0.3 is 19.2 Å². The molecule has 36 heavy (non-hydrogen) atoms. The molecule has 0 radical (unpaired) electrons. The van der Waals surface area contributed by atoms with Gasteiger partial charge in [-0.05, 0) is 47.4 Å². The molecule has 0 spiro atoms. The maximum absolute atomic E-state index is 6.67.